The van der Waals surface area contributed by atoms with Gasteiger partial charge in [0.25, 0.3) is 5.91 Å². The van der Waals surface area contributed by atoms with Gasteiger partial charge in [-0.2, -0.15) is 0 Å². The van der Waals surface area contributed by atoms with E-state index in [9.17, 15) is 9.59 Å². The van der Waals surface area contributed by atoms with Gasteiger partial charge in [-0.1, -0.05) is 28.1 Å². The van der Waals surface area contributed by atoms with Crippen LogP contribution in [0.3, 0.4) is 0 Å². The minimum atomic E-state index is -0.419. The third-order valence-electron chi connectivity index (χ3n) is 4.09. The minimum absolute atomic E-state index is 0.0987. The van der Waals surface area contributed by atoms with Crippen molar-refractivity contribution in [3.8, 4) is 11.1 Å². The molecule has 0 aliphatic carbocycles. The molecule has 2 N–H and O–H groups in total. The first-order chi connectivity index (χ1) is 12.5. The quantitative estimate of drug-likeness (QED) is 0.620. The summed E-state index contributed by atoms with van der Waals surface area (Å²) in [5, 5.41) is 5.32. The number of ether oxygens (including phenoxy) is 1. The number of likely N-dealkylation sites (N-methyl/N-ethyl adjacent to an activating group) is 1. The summed E-state index contributed by atoms with van der Waals surface area (Å²) in [5.41, 5.74) is 2.09. The van der Waals surface area contributed by atoms with E-state index >= 15 is 0 Å². The Morgan fingerprint density at radius 2 is 1.81 bits per heavy atom. The molecule has 7 heteroatoms. The first-order valence-corrected chi connectivity index (χ1v) is 10.3. The first kappa shape index (κ1) is 20.6. The highest BCUT2D eigenvalue weighted by molar-refractivity contribution is 9.10. The maximum Gasteiger partial charge on any atom is 0.341 e. The Morgan fingerprint density at radius 1 is 1.15 bits per heavy atom. The van der Waals surface area contributed by atoms with Gasteiger partial charge in [0.05, 0.1) is 19.7 Å². The lowest BCUT2D eigenvalue weighted by molar-refractivity contribution is -0.888. The van der Waals surface area contributed by atoms with Gasteiger partial charge in [-0.3, -0.25) is 4.79 Å². The summed E-state index contributed by atoms with van der Waals surface area (Å²) >= 11 is 4.76. The predicted molar refractivity (Wildman–Crippen MR) is 109 cm³/mol. The maximum absolute atomic E-state index is 12.5. The van der Waals surface area contributed by atoms with Crippen LogP contribution in [0.4, 0.5) is 5.00 Å². The minimum Gasteiger partial charge on any atom is -0.462 e. The number of amides is 1. The number of benzene rings is 1. The van der Waals surface area contributed by atoms with Crippen LogP contribution in [0.2, 0.25) is 0 Å². The van der Waals surface area contributed by atoms with E-state index < -0.39 is 5.97 Å². The van der Waals surface area contributed by atoms with Crippen molar-refractivity contribution >= 4 is 44.1 Å². The van der Waals surface area contributed by atoms with Crippen molar-refractivity contribution < 1.29 is 19.2 Å². The summed E-state index contributed by atoms with van der Waals surface area (Å²) in [6.45, 7) is 8.28. The average molecular weight is 440 g/mol. The van der Waals surface area contributed by atoms with E-state index in [1.165, 1.54) is 16.2 Å². The molecule has 0 aliphatic heterocycles. The Hall–Kier alpha value is -1.70. The number of esters is 1. The summed E-state index contributed by atoms with van der Waals surface area (Å²) in [6, 6.07) is 7.70. The van der Waals surface area contributed by atoms with Crippen molar-refractivity contribution in [3.05, 3.63) is 39.7 Å². The molecule has 0 bridgehead atoms. The zero-order chi connectivity index (χ0) is 19.1. The fraction of sp³-hybridized carbons (Fsp3) is 0.368. The van der Waals surface area contributed by atoms with Crippen LogP contribution in [0.1, 0.15) is 31.1 Å². The third-order valence-corrected chi connectivity index (χ3v) is 5.51. The van der Waals surface area contributed by atoms with Crippen LogP contribution >= 0.6 is 27.3 Å². The van der Waals surface area contributed by atoms with E-state index in [2.05, 4.69) is 21.2 Å². The summed E-state index contributed by atoms with van der Waals surface area (Å²) in [4.78, 5) is 26.1. The van der Waals surface area contributed by atoms with E-state index in [-0.39, 0.29) is 12.5 Å². The zero-order valence-electron chi connectivity index (χ0n) is 15.2. The molecule has 0 saturated heterocycles. The van der Waals surface area contributed by atoms with Crippen molar-refractivity contribution in [1.29, 1.82) is 0 Å². The van der Waals surface area contributed by atoms with Crippen LogP contribution in [-0.4, -0.2) is 38.1 Å². The monoisotopic (exact) mass is 439 g/mol. The van der Waals surface area contributed by atoms with Gasteiger partial charge < -0.3 is 15.0 Å². The van der Waals surface area contributed by atoms with Gasteiger partial charge in [-0.05, 0) is 38.5 Å². The molecule has 0 atom stereocenters. The lowest BCUT2D eigenvalue weighted by Crippen LogP contribution is -3.12. The van der Waals surface area contributed by atoms with Gasteiger partial charge >= 0.3 is 5.97 Å². The molecule has 5 nitrogen and oxygen atoms in total. The van der Waals surface area contributed by atoms with Crippen LogP contribution in [0, 0.1) is 0 Å². The van der Waals surface area contributed by atoms with Crippen LogP contribution < -0.4 is 10.2 Å². The molecule has 1 aromatic carbocycles. The second-order valence-electron chi connectivity index (χ2n) is 5.76. The number of carbonyl (C=O) groups is 2. The van der Waals surface area contributed by atoms with E-state index in [4.69, 9.17) is 4.74 Å². The fourth-order valence-corrected chi connectivity index (χ4v) is 3.83. The standard InChI is InChI=1S/C19H23BrN2O3S/c1-4-22(5-2)11-16(23)21-18-17(19(24)25-6-3)15(12-26-18)13-7-9-14(20)10-8-13/h7-10,12H,4-6,11H2,1-3H3,(H,21,23)/p+1. The van der Waals surface area contributed by atoms with Crippen molar-refractivity contribution in [3.63, 3.8) is 0 Å². The number of nitrogens with one attached hydrogen (secondary N) is 2. The Bertz CT molecular complexity index is 755. The van der Waals surface area contributed by atoms with Gasteiger partial charge in [-0.15, -0.1) is 11.3 Å². The topological polar surface area (TPSA) is 59.8 Å². The molecule has 0 aliphatic rings. The molecule has 0 saturated carbocycles. The van der Waals surface area contributed by atoms with Gasteiger partial charge in [0.2, 0.25) is 0 Å². The summed E-state index contributed by atoms with van der Waals surface area (Å²) in [7, 11) is 0. The van der Waals surface area contributed by atoms with E-state index in [1.54, 1.807) is 6.92 Å². The molecule has 0 fully saturated rings. The Balaban J connectivity index is 2.32. The molecule has 0 unspecified atom stereocenters. The number of halogens is 1. The zero-order valence-corrected chi connectivity index (χ0v) is 17.6. The lowest BCUT2D eigenvalue weighted by atomic mass is 10.0. The van der Waals surface area contributed by atoms with E-state index in [1.807, 2.05) is 43.5 Å². The van der Waals surface area contributed by atoms with Gasteiger partial charge in [0.1, 0.15) is 10.6 Å². The molecule has 1 amide bonds. The number of hydrogen-bond donors (Lipinski definition) is 2. The molecule has 1 heterocycles. The normalized spacial score (nSPS) is 10.8. The number of hydrogen-bond acceptors (Lipinski definition) is 4. The van der Waals surface area contributed by atoms with Crippen LogP contribution in [0.25, 0.3) is 11.1 Å². The second-order valence-corrected chi connectivity index (χ2v) is 7.56. The highest BCUT2D eigenvalue weighted by atomic mass is 79.9. The molecule has 0 radical (unpaired) electrons. The number of rotatable bonds is 8. The van der Waals surface area contributed by atoms with E-state index in [0.717, 1.165) is 28.7 Å². The van der Waals surface area contributed by atoms with Crippen molar-refractivity contribution in [1.82, 2.24) is 0 Å². The fourth-order valence-electron chi connectivity index (χ4n) is 2.60. The number of anilines is 1. The highest BCUT2D eigenvalue weighted by Crippen LogP contribution is 2.36. The Labute approximate surface area is 166 Å². The summed E-state index contributed by atoms with van der Waals surface area (Å²) < 4.78 is 6.18. The molecular formula is C19H24BrN2O3S+. The molecule has 0 spiro atoms. The SMILES string of the molecule is CCOC(=O)c1c(-c2ccc(Br)cc2)csc1NC(=O)C[NH+](CC)CC. The second kappa shape index (κ2) is 9.85. The molecular weight excluding hydrogens is 416 g/mol. The molecule has 1 aromatic heterocycles. The Kier molecular flexibility index (Phi) is 7.81. The lowest BCUT2D eigenvalue weighted by Gasteiger charge is -2.15. The Morgan fingerprint density at radius 3 is 2.38 bits per heavy atom. The summed E-state index contributed by atoms with van der Waals surface area (Å²) in [5.74, 6) is -0.518. The highest BCUT2D eigenvalue weighted by Gasteiger charge is 2.23. The van der Waals surface area contributed by atoms with Crippen molar-refractivity contribution in [2.45, 2.75) is 20.8 Å². The van der Waals surface area contributed by atoms with Crippen LogP contribution in [-0.2, 0) is 9.53 Å². The maximum atomic E-state index is 12.5. The largest absolute Gasteiger partial charge is 0.462 e. The van der Waals surface area contributed by atoms with E-state index in [0.29, 0.717) is 17.1 Å². The van der Waals surface area contributed by atoms with Crippen molar-refractivity contribution in [2.24, 2.45) is 0 Å². The smallest absolute Gasteiger partial charge is 0.341 e. The molecule has 26 heavy (non-hydrogen) atoms. The number of thiophene rings is 1. The van der Waals surface area contributed by atoms with Crippen molar-refractivity contribution in [2.75, 3.05) is 31.6 Å². The molecule has 140 valence electrons. The molecule has 2 aromatic rings. The van der Waals surface area contributed by atoms with Gasteiger partial charge in [0, 0.05) is 15.4 Å². The van der Waals surface area contributed by atoms with Crippen LogP contribution in [0.15, 0.2) is 34.1 Å². The van der Waals surface area contributed by atoms with Gasteiger partial charge in [0.15, 0.2) is 6.54 Å². The third kappa shape index (κ3) is 5.16. The summed E-state index contributed by atoms with van der Waals surface area (Å²) in [6.07, 6.45) is 0. The first-order valence-electron chi connectivity index (χ1n) is 8.68. The molecule has 2 rings (SSSR count). The van der Waals surface area contributed by atoms with Gasteiger partial charge in [-0.25, -0.2) is 4.79 Å². The number of quaternary nitrogens is 1. The average Bonchev–Trinajstić information content (AvgIpc) is 3.04. The predicted octanol–water partition coefficient (Wildman–Crippen LogP) is 3.22. The number of carbonyl (C=O) groups excluding carboxylic acids is 2. The van der Waals surface area contributed by atoms with Crippen LogP contribution in [0.5, 0.6) is 0 Å².